The Balaban J connectivity index is 1.24. The lowest BCUT2D eigenvalue weighted by molar-refractivity contribution is -0.117. The number of rotatable bonds is 5. The maximum atomic E-state index is 13.9. The van der Waals surface area contributed by atoms with Crippen LogP contribution < -0.4 is 10.2 Å². The Labute approximate surface area is 207 Å². The van der Waals surface area contributed by atoms with E-state index in [0.29, 0.717) is 32.0 Å². The van der Waals surface area contributed by atoms with Gasteiger partial charge in [-0.05, 0) is 12.1 Å². The third kappa shape index (κ3) is 4.14. The van der Waals surface area contributed by atoms with E-state index in [-0.39, 0.29) is 18.1 Å². The van der Waals surface area contributed by atoms with Crippen molar-refractivity contribution in [3.05, 3.63) is 84.7 Å². The number of carbonyl (C=O) groups is 1. The Kier molecular flexibility index (Phi) is 5.74. The Morgan fingerprint density at radius 3 is 2.31 bits per heavy atom. The minimum Gasteiger partial charge on any atom is -0.352 e. The van der Waals surface area contributed by atoms with Crippen LogP contribution in [0.3, 0.4) is 0 Å². The SMILES string of the molecule is O=C(CN1CCN(c2nn3c(-c4ccccc4)nnc3c3ccccc23)CC1)Nc1ccccc1F. The highest BCUT2D eigenvalue weighted by molar-refractivity contribution is 6.00. The second-order valence-electron chi connectivity index (χ2n) is 8.79. The fourth-order valence-electron chi connectivity index (χ4n) is 4.64. The summed E-state index contributed by atoms with van der Waals surface area (Å²) in [6.07, 6.45) is 0. The molecule has 0 saturated carbocycles. The summed E-state index contributed by atoms with van der Waals surface area (Å²) >= 11 is 0. The number of anilines is 2. The quantitative estimate of drug-likeness (QED) is 0.411. The molecule has 1 amide bonds. The molecule has 36 heavy (non-hydrogen) atoms. The van der Waals surface area contributed by atoms with Crippen LogP contribution in [-0.4, -0.2) is 63.3 Å². The van der Waals surface area contributed by atoms with Gasteiger partial charge >= 0.3 is 0 Å². The van der Waals surface area contributed by atoms with Gasteiger partial charge in [-0.2, -0.15) is 4.52 Å². The van der Waals surface area contributed by atoms with Gasteiger partial charge in [0.2, 0.25) is 5.91 Å². The maximum absolute atomic E-state index is 13.9. The van der Waals surface area contributed by atoms with Crippen LogP contribution in [0.5, 0.6) is 0 Å². The Morgan fingerprint density at radius 1 is 0.833 bits per heavy atom. The predicted octanol–water partition coefficient (Wildman–Crippen LogP) is 3.84. The van der Waals surface area contributed by atoms with Crippen LogP contribution in [0.4, 0.5) is 15.9 Å². The van der Waals surface area contributed by atoms with Crippen molar-refractivity contribution in [2.45, 2.75) is 0 Å². The molecule has 1 aliphatic heterocycles. The van der Waals surface area contributed by atoms with Gasteiger partial charge in [-0.1, -0.05) is 66.7 Å². The summed E-state index contributed by atoms with van der Waals surface area (Å²) in [4.78, 5) is 16.8. The molecule has 0 spiro atoms. The van der Waals surface area contributed by atoms with E-state index >= 15 is 0 Å². The minimum atomic E-state index is -0.437. The number of piperazine rings is 1. The third-order valence-corrected chi connectivity index (χ3v) is 6.46. The molecule has 1 fully saturated rings. The van der Waals surface area contributed by atoms with Crippen molar-refractivity contribution in [3.63, 3.8) is 0 Å². The van der Waals surface area contributed by atoms with E-state index in [0.717, 1.165) is 27.8 Å². The molecular weight excluding hydrogens is 457 g/mol. The van der Waals surface area contributed by atoms with Crippen LogP contribution in [-0.2, 0) is 4.79 Å². The molecule has 8 nitrogen and oxygen atoms in total. The predicted molar refractivity (Wildman–Crippen MR) is 137 cm³/mol. The Hall–Kier alpha value is -4.37. The second-order valence-corrected chi connectivity index (χ2v) is 8.79. The Bertz CT molecular complexity index is 1540. The molecule has 0 radical (unpaired) electrons. The van der Waals surface area contributed by atoms with Crippen LogP contribution in [0.25, 0.3) is 27.8 Å². The lowest BCUT2D eigenvalue weighted by Crippen LogP contribution is -2.49. The number of nitrogens with zero attached hydrogens (tertiary/aromatic N) is 6. The largest absolute Gasteiger partial charge is 0.352 e. The summed E-state index contributed by atoms with van der Waals surface area (Å²) in [5.41, 5.74) is 1.87. The van der Waals surface area contributed by atoms with E-state index in [2.05, 4.69) is 31.4 Å². The summed E-state index contributed by atoms with van der Waals surface area (Å²) in [6, 6.07) is 24.2. The number of hydrogen-bond donors (Lipinski definition) is 1. The van der Waals surface area contributed by atoms with Gasteiger partial charge in [0.05, 0.1) is 12.2 Å². The van der Waals surface area contributed by atoms with Crippen molar-refractivity contribution < 1.29 is 9.18 Å². The number of amides is 1. The maximum Gasteiger partial charge on any atom is 0.238 e. The van der Waals surface area contributed by atoms with Gasteiger partial charge in [-0.15, -0.1) is 15.3 Å². The first kappa shape index (κ1) is 22.1. The van der Waals surface area contributed by atoms with Crippen molar-refractivity contribution >= 4 is 33.8 Å². The molecule has 6 rings (SSSR count). The molecule has 2 aromatic heterocycles. The van der Waals surface area contributed by atoms with Gasteiger partial charge in [-0.25, -0.2) is 4.39 Å². The lowest BCUT2D eigenvalue weighted by atomic mass is 10.1. The molecule has 0 bridgehead atoms. The zero-order valence-corrected chi connectivity index (χ0v) is 19.5. The highest BCUT2D eigenvalue weighted by atomic mass is 19.1. The highest BCUT2D eigenvalue weighted by Crippen LogP contribution is 2.30. The summed E-state index contributed by atoms with van der Waals surface area (Å²) < 4.78 is 15.7. The van der Waals surface area contributed by atoms with Crippen LogP contribution in [0.2, 0.25) is 0 Å². The van der Waals surface area contributed by atoms with Crippen LogP contribution in [0.15, 0.2) is 78.9 Å². The first-order chi connectivity index (χ1) is 17.7. The third-order valence-electron chi connectivity index (χ3n) is 6.46. The average molecular weight is 482 g/mol. The first-order valence-corrected chi connectivity index (χ1v) is 11.9. The van der Waals surface area contributed by atoms with Crippen molar-refractivity contribution in [2.24, 2.45) is 0 Å². The fourth-order valence-corrected chi connectivity index (χ4v) is 4.64. The highest BCUT2D eigenvalue weighted by Gasteiger charge is 2.24. The van der Waals surface area contributed by atoms with Gasteiger partial charge < -0.3 is 10.2 Å². The molecule has 0 unspecified atom stereocenters. The molecule has 0 aliphatic carbocycles. The zero-order valence-electron chi connectivity index (χ0n) is 19.5. The molecule has 3 aromatic carbocycles. The topological polar surface area (TPSA) is 78.7 Å². The number of benzene rings is 3. The molecular formula is C27H24FN7O. The van der Waals surface area contributed by atoms with Crippen molar-refractivity contribution in [1.29, 1.82) is 0 Å². The molecule has 3 heterocycles. The van der Waals surface area contributed by atoms with Gasteiger partial charge in [0.15, 0.2) is 17.3 Å². The number of halogens is 1. The number of aromatic nitrogens is 4. The normalized spacial score (nSPS) is 14.4. The molecule has 9 heteroatoms. The summed E-state index contributed by atoms with van der Waals surface area (Å²) in [5.74, 6) is 0.898. The number of carbonyl (C=O) groups excluding carboxylic acids is 1. The summed E-state index contributed by atoms with van der Waals surface area (Å²) in [5, 5.41) is 18.6. The molecule has 1 N–H and O–H groups in total. The molecule has 1 saturated heterocycles. The van der Waals surface area contributed by atoms with E-state index in [1.807, 2.05) is 53.0 Å². The van der Waals surface area contributed by atoms with Crippen LogP contribution in [0, 0.1) is 5.82 Å². The lowest BCUT2D eigenvalue weighted by Gasteiger charge is -2.35. The number of fused-ring (bicyclic) bond motifs is 3. The van der Waals surface area contributed by atoms with Crippen molar-refractivity contribution in [2.75, 3.05) is 42.9 Å². The van der Waals surface area contributed by atoms with Gasteiger partial charge in [0, 0.05) is 42.5 Å². The standard InChI is InChI=1S/C27H24FN7O/c28-22-12-6-7-13-23(22)29-24(36)18-33-14-16-34(17-15-33)27-21-11-5-4-10-20(21)26-31-30-25(35(26)32-27)19-8-2-1-3-9-19/h1-13H,14-18H2,(H,29,36). The van der Waals surface area contributed by atoms with Gasteiger partial charge in [0.25, 0.3) is 0 Å². The van der Waals surface area contributed by atoms with Gasteiger partial charge in [-0.3, -0.25) is 9.69 Å². The van der Waals surface area contributed by atoms with Crippen LogP contribution >= 0.6 is 0 Å². The molecule has 5 aromatic rings. The summed E-state index contributed by atoms with van der Waals surface area (Å²) in [7, 11) is 0. The van der Waals surface area contributed by atoms with Crippen molar-refractivity contribution in [1.82, 2.24) is 24.7 Å². The minimum absolute atomic E-state index is 0.202. The molecule has 0 atom stereocenters. The summed E-state index contributed by atoms with van der Waals surface area (Å²) in [6.45, 7) is 2.99. The van der Waals surface area contributed by atoms with E-state index < -0.39 is 5.82 Å². The fraction of sp³-hybridized carbons (Fsp3) is 0.185. The monoisotopic (exact) mass is 481 g/mol. The molecule has 180 valence electrons. The number of para-hydroxylation sites is 1. The van der Waals surface area contributed by atoms with Crippen molar-refractivity contribution in [3.8, 4) is 11.4 Å². The number of nitrogens with one attached hydrogen (secondary N) is 1. The van der Waals surface area contributed by atoms with E-state index in [1.54, 1.807) is 18.2 Å². The van der Waals surface area contributed by atoms with Crippen LogP contribution in [0.1, 0.15) is 0 Å². The van der Waals surface area contributed by atoms with Gasteiger partial charge in [0.1, 0.15) is 5.82 Å². The second kappa shape index (κ2) is 9.35. The molecule has 1 aliphatic rings. The van der Waals surface area contributed by atoms with E-state index in [4.69, 9.17) is 5.10 Å². The van der Waals surface area contributed by atoms with E-state index in [9.17, 15) is 9.18 Å². The Morgan fingerprint density at radius 2 is 1.53 bits per heavy atom. The number of hydrogen-bond acceptors (Lipinski definition) is 6. The first-order valence-electron chi connectivity index (χ1n) is 11.9. The zero-order chi connectivity index (χ0) is 24.5. The van der Waals surface area contributed by atoms with E-state index in [1.165, 1.54) is 6.07 Å². The average Bonchev–Trinajstić information content (AvgIpc) is 3.35. The smallest absolute Gasteiger partial charge is 0.238 e.